The Morgan fingerprint density at radius 1 is 1.56 bits per heavy atom. The molecule has 0 saturated carbocycles. The number of aromatic amines is 1. The smallest absolute Gasteiger partial charge is 0.271 e. The fourth-order valence-electron chi connectivity index (χ4n) is 1.37. The number of hydrogen-bond donors (Lipinski definition) is 3. The quantitative estimate of drug-likeness (QED) is 0.644. The standard InChI is InChI=1S/C10H12N6O2/c1-16-9(11)6(5-13-16)4-12-10(18)7-2-3-8(17)15-14-7/h2-3,5H,4,11H2,1H3,(H,12,18)(H,15,17). The molecule has 0 atom stereocenters. The summed E-state index contributed by atoms with van der Waals surface area (Å²) in [5.74, 6) is 0.0965. The summed E-state index contributed by atoms with van der Waals surface area (Å²) < 4.78 is 1.51. The van der Waals surface area contributed by atoms with E-state index in [4.69, 9.17) is 5.73 Å². The molecule has 0 bridgehead atoms. The highest BCUT2D eigenvalue weighted by Crippen LogP contribution is 2.08. The van der Waals surface area contributed by atoms with Crippen molar-refractivity contribution in [2.24, 2.45) is 7.05 Å². The molecule has 0 aliphatic carbocycles. The van der Waals surface area contributed by atoms with E-state index >= 15 is 0 Å². The fourth-order valence-corrected chi connectivity index (χ4v) is 1.37. The van der Waals surface area contributed by atoms with E-state index < -0.39 is 5.91 Å². The highest BCUT2D eigenvalue weighted by Gasteiger charge is 2.09. The molecule has 2 aromatic rings. The maximum atomic E-state index is 11.7. The van der Waals surface area contributed by atoms with Crippen molar-refractivity contribution in [1.29, 1.82) is 0 Å². The Balaban J connectivity index is 2.02. The van der Waals surface area contributed by atoms with Gasteiger partial charge in [-0.05, 0) is 6.07 Å². The Bertz CT molecular complexity index is 609. The van der Waals surface area contributed by atoms with Gasteiger partial charge in [-0.25, -0.2) is 5.10 Å². The van der Waals surface area contributed by atoms with Crippen LogP contribution in [0.4, 0.5) is 5.82 Å². The summed E-state index contributed by atoms with van der Waals surface area (Å²) in [5.41, 5.74) is 6.23. The minimum Gasteiger partial charge on any atom is -0.384 e. The Hall–Kier alpha value is -2.64. The third kappa shape index (κ3) is 2.37. The van der Waals surface area contributed by atoms with E-state index in [9.17, 15) is 9.59 Å². The molecule has 8 nitrogen and oxygen atoms in total. The molecule has 0 aromatic carbocycles. The van der Waals surface area contributed by atoms with Crippen LogP contribution in [0.2, 0.25) is 0 Å². The second-order valence-electron chi connectivity index (χ2n) is 3.67. The Morgan fingerprint density at radius 3 is 2.89 bits per heavy atom. The van der Waals surface area contributed by atoms with Gasteiger partial charge in [0.05, 0.1) is 6.20 Å². The lowest BCUT2D eigenvalue weighted by molar-refractivity contribution is 0.0945. The van der Waals surface area contributed by atoms with Crippen LogP contribution in [0.3, 0.4) is 0 Å². The summed E-state index contributed by atoms with van der Waals surface area (Å²) in [5, 5.41) is 12.4. The van der Waals surface area contributed by atoms with E-state index in [1.807, 2.05) is 0 Å². The first-order chi connectivity index (χ1) is 8.58. The molecule has 1 amide bonds. The van der Waals surface area contributed by atoms with Crippen molar-refractivity contribution in [3.63, 3.8) is 0 Å². The number of anilines is 1. The van der Waals surface area contributed by atoms with Crippen molar-refractivity contribution >= 4 is 11.7 Å². The summed E-state index contributed by atoms with van der Waals surface area (Å²) in [6, 6.07) is 2.58. The number of hydrogen-bond acceptors (Lipinski definition) is 5. The molecule has 4 N–H and O–H groups in total. The van der Waals surface area contributed by atoms with Crippen molar-refractivity contribution < 1.29 is 4.79 Å². The number of H-pyrrole nitrogens is 1. The molecule has 94 valence electrons. The predicted octanol–water partition coefficient (Wildman–Crippen LogP) is -0.984. The van der Waals surface area contributed by atoms with E-state index in [0.29, 0.717) is 5.82 Å². The number of carbonyl (C=O) groups excluding carboxylic acids is 1. The molecule has 2 rings (SSSR count). The highest BCUT2D eigenvalue weighted by molar-refractivity contribution is 5.91. The molecule has 0 spiro atoms. The zero-order valence-electron chi connectivity index (χ0n) is 9.67. The average molecular weight is 248 g/mol. The van der Waals surface area contributed by atoms with Crippen molar-refractivity contribution in [3.8, 4) is 0 Å². The average Bonchev–Trinajstić information content (AvgIpc) is 2.68. The second-order valence-corrected chi connectivity index (χ2v) is 3.67. The predicted molar refractivity (Wildman–Crippen MR) is 63.6 cm³/mol. The second kappa shape index (κ2) is 4.70. The highest BCUT2D eigenvalue weighted by atomic mass is 16.2. The first kappa shape index (κ1) is 11.8. The van der Waals surface area contributed by atoms with Crippen molar-refractivity contribution in [2.75, 3.05) is 5.73 Å². The van der Waals surface area contributed by atoms with Crippen LogP contribution >= 0.6 is 0 Å². The van der Waals surface area contributed by atoms with Crippen LogP contribution in [-0.2, 0) is 13.6 Å². The summed E-state index contributed by atoms with van der Waals surface area (Å²) >= 11 is 0. The Labute approximate surface area is 102 Å². The number of aryl methyl sites for hydroxylation is 1. The monoisotopic (exact) mass is 248 g/mol. The first-order valence-corrected chi connectivity index (χ1v) is 5.18. The van der Waals surface area contributed by atoms with Gasteiger partial charge >= 0.3 is 0 Å². The molecule has 0 aliphatic heterocycles. The maximum absolute atomic E-state index is 11.7. The van der Waals surface area contributed by atoms with E-state index in [0.717, 1.165) is 5.56 Å². The number of nitrogens with one attached hydrogen (secondary N) is 2. The van der Waals surface area contributed by atoms with E-state index in [1.165, 1.54) is 16.8 Å². The van der Waals surface area contributed by atoms with E-state index in [-0.39, 0.29) is 17.8 Å². The van der Waals surface area contributed by atoms with Crippen LogP contribution < -0.4 is 16.6 Å². The van der Waals surface area contributed by atoms with Crippen LogP contribution in [0.25, 0.3) is 0 Å². The molecule has 0 unspecified atom stereocenters. The minimum absolute atomic E-state index is 0.136. The molecule has 0 saturated heterocycles. The molecule has 8 heteroatoms. The zero-order valence-corrected chi connectivity index (χ0v) is 9.67. The van der Waals surface area contributed by atoms with Gasteiger partial charge in [-0.15, -0.1) is 0 Å². The van der Waals surface area contributed by atoms with Gasteiger partial charge in [0.25, 0.3) is 11.5 Å². The molecule has 0 radical (unpaired) electrons. The lowest BCUT2D eigenvalue weighted by Crippen LogP contribution is -2.25. The van der Waals surface area contributed by atoms with Crippen LogP contribution in [0.15, 0.2) is 23.1 Å². The van der Waals surface area contributed by atoms with Gasteiger partial charge in [0.2, 0.25) is 0 Å². The van der Waals surface area contributed by atoms with Gasteiger partial charge in [0, 0.05) is 25.2 Å². The van der Waals surface area contributed by atoms with Gasteiger partial charge < -0.3 is 11.1 Å². The molecule has 0 fully saturated rings. The van der Waals surface area contributed by atoms with Gasteiger partial charge in [0.15, 0.2) is 0 Å². The third-order valence-electron chi connectivity index (χ3n) is 2.42. The molecule has 2 heterocycles. The Kier molecular flexibility index (Phi) is 3.09. The fraction of sp³-hybridized carbons (Fsp3) is 0.200. The van der Waals surface area contributed by atoms with Crippen LogP contribution in [0.1, 0.15) is 16.1 Å². The van der Waals surface area contributed by atoms with Crippen LogP contribution in [0.5, 0.6) is 0 Å². The van der Waals surface area contributed by atoms with Crippen molar-refractivity contribution in [2.45, 2.75) is 6.54 Å². The summed E-state index contributed by atoms with van der Waals surface area (Å²) in [4.78, 5) is 22.5. The van der Waals surface area contributed by atoms with Gasteiger partial charge in [-0.1, -0.05) is 0 Å². The summed E-state index contributed by atoms with van der Waals surface area (Å²) in [6.45, 7) is 0.249. The number of aromatic nitrogens is 4. The third-order valence-corrected chi connectivity index (χ3v) is 2.42. The number of nitrogen functional groups attached to an aromatic ring is 1. The van der Waals surface area contributed by atoms with E-state index in [1.54, 1.807) is 13.2 Å². The number of nitrogens with two attached hydrogens (primary N) is 1. The molecule has 2 aromatic heterocycles. The number of carbonyl (C=O) groups is 1. The van der Waals surface area contributed by atoms with Crippen LogP contribution in [0, 0.1) is 0 Å². The lowest BCUT2D eigenvalue weighted by atomic mass is 10.3. The van der Waals surface area contributed by atoms with Gasteiger partial charge in [-0.3, -0.25) is 14.3 Å². The zero-order chi connectivity index (χ0) is 13.1. The molecular weight excluding hydrogens is 236 g/mol. The number of nitrogens with zero attached hydrogens (tertiary/aromatic N) is 3. The minimum atomic E-state index is -0.394. The van der Waals surface area contributed by atoms with Crippen molar-refractivity contribution in [1.82, 2.24) is 25.3 Å². The topological polar surface area (TPSA) is 119 Å². The van der Waals surface area contributed by atoms with E-state index in [2.05, 4.69) is 20.6 Å². The molecular formula is C10H12N6O2. The summed E-state index contributed by atoms with van der Waals surface area (Å²) in [7, 11) is 1.71. The normalized spacial score (nSPS) is 10.3. The first-order valence-electron chi connectivity index (χ1n) is 5.18. The SMILES string of the molecule is Cn1ncc(CNC(=O)c2ccc(=O)[nH]n2)c1N. The van der Waals surface area contributed by atoms with Gasteiger partial charge in [0.1, 0.15) is 11.5 Å². The molecule has 0 aliphatic rings. The number of rotatable bonds is 3. The Morgan fingerprint density at radius 2 is 2.33 bits per heavy atom. The maximum Gasteiger partial charge on any atom is 0.271 e. The van der Waals surface area contributed by atoms with Gasteiger partial charge in [-0.2, -0.15) is 10.2 Å². The van der Waals surface area contributed by atoms with Crippen LogP contribution in [-0.4, -0.2) is 25.9 Å². The van der Waals surface area contributed by atoms with Crippen molar-refractivity contribution in [3.05, 3.63) is 39.9 Å². The lowest BCUT2D eigenvalue weighted by Gasteiger charge is -2.03. The largest absolute Gasteiger partial charge is 0.384 e. The summed E-state index contributed by atoms with van der Waals surface area (Å²) in [6.07, 6.45) is 1.58. The number of amides is 1. The molecule has 18 heavy (non-hydrogen) atoms.